The molecular weight excluding hydrogens is 363 g/mol. The molecule has 0 radical (unpaired) electrons. The maximum Gasteiger partial charge on any atom is 0.257 e. The fourth-order valence-electron chi connectivity index (χ4n) is 2.13. The molecule has 0 unspecified atom stereocenters. The normalized spacial score (nSPS) is 11.3. The Balaban J connectivity index is 1.83. The molecule has 1 amide bonds. The number of carbonyl (C=O) groups excluding carboxylic acids is 1. The lowest BCUT2D eigenvalue weighted by Crippen LogP contribution is -2.41. The molecule has 2 N–H and O–H groups in total. The van der Waals surface area contributed by atoms with Crippen LogP contribution in [-0.4, -0.2) is 20.1 Å². The molecule has 2 aromatic carbocycles. The first kappa shape index (κ1) is 19.4. The van der Waals surface area contributed by atoms with Crippen molar-refractivity contribution < 1.29 is 17.6 Å². The van der Waals surface area contributed by atoms with Crippen molar-refractivity contribution >= 4 is 27.7 Å². The number of rotatable bonds is 7. The van der Waals surface area contributed by atoms with Crippen molar-refractivity contribution in [1.29, 1.82) is 0 Å². The summed E-state index contributed by atoms with van der Waals surface area (Å²) in [6, 6.07) is 10.9. The summed E-state index contributed by atoms with van der Waals surface area (Å²) in [5.74, 6) is -0.311. The van der Waals surface area contributed by atoms with Crippen molar-refractivity contribution in [2.75, 3.05) is 5.75 Å². The Bertz CT molecular complexity index is 853. The first-order valence-corrected chi connectivity index (χ1v) is 10.0. The molecule has 0 bridgehead atoms. The molecule has 2 aromatic rings. The molecule has 8 heteroatoms. The van der Waals surface area contributed by atoms with Gasteiger partial charge in [0.1, 0.15) is 5.82 Å². The number of benzene rings is 2. The third-order valence-corrected chi connectivity index (χ3v) is 5.78. The number of amides is 1. The predicted octanol–water partition coefficient (Wildman–Crippen LogP) is 2.93. The van der Waals surface area contributed by atoms with E-state index in [4.69, 9.17) is 0 Å². The van der Waals surface area contributed by atoms with Gasteiger partial charge in [-0.15, -0.1) is 16.6 Å². The Morgan fingerprint density at radius 3 is 2.44 bits per heavy atom. The third-order valence-electron chi connectivity index (χ3n) is 3.36. The number of thioether (sulfide) groups is 1. The van der Waals surface area contributed by atoms with Gasteiger partial charge >= 0.3 is 0 Å². The van der Waals surface area contributed by atoms with Crippen LogP contribution >= 0.6 is 11.8 Å². The smallest absolute Gasteiger partial charge is 0.257 e. The molecule has 134 valence electrons. The quantitative estimate of drug-likeness (QED) is 0.570. The van der Waals surface area contributed by atoms with Gasteiger partial charge in [0.2, 0.25) is 5.91 Å². The first-order chi connectivity index (χ1) is 11.8. The SMILES string of the molecule is Cc1ccc(S(=O)(=O)NNC(=O)CCSc2ccc(F)cc2)c(C)c1. The van der Waals surface area contributed by atoms with Crippen molar-refractivity contribution in [2.24, 2.45) is 0 Å². The van der Waals surface area contributed by atoms with Crippen LogP contribution in [0.5, 0.6) is 0 Å². The van der Waals surface area contributed by atoms with E-state index >= 15 is 0 Å². The number of sulfonamides is 1. The lowest BCUT2D eigenvalue weighted by atomic mass is 10.2. The molecule has 5 nitrogen and oxygen atoms in total. The fourth-order valence-corrected chi connectivity index (χ4v) is 4.07. The number of aryl methyl sites for hydroxylation is 2. The van der Waals surface area contributed by atoms with Crippen molar-refractivity contribution in [3.05, 3.63) is 59.4 Å². The van der Waals surface area contributed by atoms with Crippen LogP contribution in [0.25, 0.3) is 0 Å². The average molecular weight is 382 g/mol. The van der Waals surface area contributed by atoms with Crippen LogP contribution in [0.3, 0.4) is 0 Å². The van der Waals surface area contributed by atoms with Gasteiger partial charge in [-0.3, -0.25) is 10.2 Å². The van der Waals surface area contributed by atoms with E-state index in [9.17, 15) is 17.6 Å². The summed E-state index contributed by atoms with van der Waals surface area (Å²) < 4.78 is 37.3. The minimum Gasteiger partial charge on any atom is -0.278 e. The Morgan fingerprint density at radius 1 is 1.12 bits per heavy atom. The number of nitrogens with one attached hydrogen (secondary N) is 2. The molecule has 2 rings (SSSR count). The summed E-state index contributed by atoms with van der Waals surface area (Å²) in [7, 11) is -3.82. The van der Waals surface area contributed by atoms with Crippen LogP contribution in [-0.2, 0) is 14.8 Å². The molecule has 0 atom stereocenters. The molecule has 0 fully saturated rings. The second kappa shape index (κ2) is 8.46. The van der Waals surface area contributed by atoms with Crippen molar-refractivity contribution in [1.82, 2.24) is 10.3 Å². The number of hydrogen-bond donors (Lipinski definition) is 2. The summed E-state index contributed by atoms with van der Waals surface area (Å²) >= 11 is 1.39. The highest BCUT2D eigenvalue weighted by atomic mass is 32.2. The van der Waals surface area contributed by atoms with E-state index in [-0.39, 0.29) is 17.1 Å². The van der Waals surface area contributed by atoms with E-state index in [0.717, 1.165) is 10.5 Å². The lowest BCUT2D eigenvalue weighted by molar-refractivity contribution is -0.121. The van der Waals surface area contributed by atoms with Crippen molar-refractivity contribution in [3.8, 4) is 0 Å². The fraction of sp³-hybridized carbons (Fsp3) is 0.235. The Kier molecular flexibility index (Phi) is 6.57. The number of hydrogen-bond acceptors (Lipinski definition) is 4. The highest BCUT2D eigenvalue weighted by Gasteiger charge is 2.17. The summed E-state index contributed by atoms with van der Waals surface area (Å²) in [6.45, 7) is 3.57. The second-order valence-corrected chi connectivity index (χ2v) is 8.29. The van der Waals surface area contributed by atoms with Gasteiger partial charge in [0.05, 0.1) is 4.90 Å². The number of halogens is 1. The summed E-state index contributed by atoms with van der Waals surface area (Å²) in [4.78, 5) is 14.9. The highest BCUT2D eigenvalue weighted by molar-refractivity contribution is 7.99. The molecular formula is C17H19FN2O3S2. The molecule has 0 aliphatic carbocycles. The van der Waals surface area contributed by atoms with E-state index in [1.165, 1.54) is 30.0 Å². The van der Waals surface area contributed by atoms with Crippen LogP contribution in [0.4, 0.5) is 4.39 Å². The average Bonchev–Trinajstić information content (AvgIpc) is 2.54. The lowest BCUT2D eigenvalue weighted by Gasteiger charge is -2.11. The van der Waals surface area contributed by atoms with E-state index in [2.05, 4.69) is 10.3 Å². The highest BCUT2D eigenvalue weighted by Crippen LogP contribution is 2.19. The Hall–Kier alpha value is -1.90. The van der Waals surface area contributed by atoms with E-state index < -0.39 is 15.9 Å². The largest absolute Gasteiger partial charge is 0.278 e. The van der Waals surface area contributed by atoms with E-state index in [0.29, 0.717) is 11.3 Å². The number of carbonyl (C=O) groups is 1. The maximum absolute atomic E-state index is 12.8. The van der Waals surface area contributed by atoms with Crippen LogP contribution in [0.2, 0.25) is 0 Å². The Labute approximate surface area is 151 Å². The molecule has 0 aliphatic rings. The molecule has 0 aliphatic heterocycles. The minimum atomic E-state index is -3.82. The second-order valence-electron chi connectivity index (χ2n) is 5.48. The van der Waals surface area contributed by atoms with Crippen molar-refractivity contribution in [2.45, 2.75) is 30.1 Å². The molecule has 0 heterocycles. The standard InChI is InChI=1S/C17H19FN2O3S2/c1-12-3-8-16(13(2)11-12)25(22,23)20-19-17(21)9-10-24-15-6-4-14(18)5-7-15/h3-8,11,20H,9-10H2,1-2H3,(H,19,21). The zero-order valence-corrected chi connectivity index (χ0v) is 15.5. The van der Waals surface area contributed by atoms with Gasteiger partial charge in [-0.25, -0.2) is 12.8 Å². The Morgan fingerprint density at radius 2 is 1.80 bits per heavy atom. The zero-order valence-electron chi connectivity index (χ0n) is 13.9. The van der Waals surface area contributed by atoms with Crippen LogP contribution in [0, 0.1) is 19.7 Å². The zero-order chi connectivity index (χ0) is 18.4. The summed E-state index contributed by atoms with van der Waals surface area (Å²) in [5.41, 5.74) is 3.77. The van der Waals surface area contributed by atoms with Gasteiger partial charge in [0.25, 0.3) is 10.0 Å². The molecule has 0 saturated heterocycles. The van der Waals surface area contributed by atoms with Gasteiger partial charge < -0.3 is 0 Å². The van der Waals surface area contributed by atoms with Gasteiger partial charge in [-0.1, -0.05) is 17.7 Å². The monoisotopic (exact) mass is 382 g/mol. The van der Waals surface area contributed by atoms with Gasteiger partial charge in [0.15, 0.2) is 0 Å². The molecule has 0 aromatic heterocycles. The van der Waals surface area contributed by atoms with Gasteiger partial charge in [0, 0.05) is 17.1 Å². The maximum atomic E-state index is 12.8. The predicted molar refractivity (Wildman–Crippen MR) is 96.1 cm³/mol. The molecule has 25 heavy (non-hydrogen) atoms. The van der Waals surface area contributed by atoms with E-state index in [1.54, 1.807) is 31.2 Å². The van der Waals surface area contributed by atoms with Gasteiger partial charge in [-0.2, -0.15) is 0 Å². The van der Waals surface area contributed by atoms with Gasteiger partial charge in [-0.05, 0) is 49.7 Å². The first-order valence-electron chi connectivity index (χ1n) is 7.54. The third kappa shape index (κ3) is 5.84. The molecule has 0 saturated carbocycles. The van der Waals surface area contributed by atoms with Crippen molar-refractivity contribution in [3.63, 3.8) is 0 Å². The van der Waals surface area contributed by atoms with E-state index in [1.807, 2.05) is 6.92 Å². The topological polar surface area (TPSA) is 75.3 Å². The molecule has 0 spiro atoms. The summed E-state index contributed by atoms with van der Waals surface area (Å²) in [6.07, 6.45) is 0.122. The number of hydrazine groups is 1. The van der Waals surface area contributed by atoms with Crippen LogP contribution < -0.4 is 10.3 Å². The summed E-state index contributed by atoms with van der Waals surface area (Å²) in [5, 5.41) is 0. The van der Waals surface area contributed by atoms with Crippen LogP contribution in [0.1, 0.15) is 17.5 Å². The minimum absolute atomic E-state index is 0.122. The van der Waals surface area contributed by atoms with Crippen LogP contribution in [0.15, 0.2) is 52.3 Å².